The van der Waals surface area contributed by atoms with E-state index in [9.17, 15) is 9.18 Å². The molecule has 0 radical (unpaired) electrons. The number of amides is 1. The molecule has 2 rings (SSSR count). The van der Waals surface area contributed by atoms with Crippen molar-refractivity contribution in [2.75, 3.05) is 0 Å². The summed E-state index contributed by atoms with van der Waals surface area (Å²) in [6, 6.07) is 4.23. The Hall–Kier alpha value is -1.63. The fourth-order valence-corrected chi connectivity index (χ4v) is 2.93. The molecule has 0 bridgehead atoms. The molecule has 0 atom stereocenters. The highest BCUT2D eigenvalue weighted by Crippen LogP contribution is 2.31. The van der Waals surface area contributed by atoms with Gasteiger partial charge < -0.3 is 16.3 Å². The van der Waals surface area contributed by atoms with Crippen LogP contribution in [0.1, 0.15) is 36.0 Å². The molecule has 1 amide bonds. The zero-order valence-electron chi connectivity index (χ0n) is 10.7. The van der Waals surface area contributed by atoms with E-state index in [4.69, 9.17) is 10.9 Å². The van der Waals surface area contributed by atoms with E-state index in [0.29, 0.717) is 12.8 Å². The SMILES string of the molecule is N/C(=N/O)C1(NC(=O)c2cccc(F)c2Br)CCCC1. The first-order valence-electron chi connectivity index (χ1n) is 6.25. The van der Waals surface area contributed by atoms with Crippen LogP contribution in [0.5, 0.6) is 0 Å². The van der Waals surface area contributed by atoms with E-state index in [1.807, 2.05) is 0 Å². The van der Waals surface area contributed by atoms with E-state index < -0.39 is 17.3 Å². The number of amidine groups is 1. The first-order chi connectivity index (χ1) is 9.50. The number of benzene rings is 1. The summed E-state index contributed by atoms with van der Waals surface area (Å²) in [7, 11) is 0. The van der Waals surface area contributed by atoms with E-state index in [1.165, 1.54) is 18.2 Å². The number of nitrogens with zero attached hydrogens (tertiary/aromatic N) is 1. The van der Waals surface area contributed by atoms with E-state index >= 15 is 0 Å². The molecule has 7 heteroatoms. The highest BCUT2D eigenvalue weighted by molar-refractivity contribution is 9.10. The molecule has 0 aromatic heterocycles. The van der Waals surface area contributed by atoms with E-state index in [0.717, 1.165) is 12.8 Å². The Kier molecular flexibility index (Phi) is 4.27. The normalized spacial score (nSPS) is 18.0. The van der Waals surface area contributed by atoms with Gasteiger partial charge in [-0.3, -0.25) is 4.79 Å². The third kappa shape index (κ3) is 2.63. The number of nitrogens with one attached hydrogen (secondary N) is 1. The van der Waals surface area contributed by atoms with Crippen LogP contribution in [-0.4, -0.2) is 22.5 Å². The summed E-state index contributed by atoms with van der Waals surface area (Å²) < 4.78 is 13.6. The highest BCUT2D eigenvalue weighted by Gasteiger charge is 2.40. The fraction of sp³-hybridized carbons (Fsp3) is 0.385. The first-order valence-corrected chi connectivity index (χ1v) is 7.04. The minimum Gasteiger partial charge on any atom is -0.409 e. The Bertz CT molecular complexity index is 557. The Morgan fingerprint density at radius 2 is 2.10 bits per heavy atom. The van der Waals surface area contributed by atoms with Crippen LogP contribution in [0, 0.1) is 5.82 Å². The van der Waals surface area contributed by atoms with Crippen LogP contribution in [0.15, 0.2) is 27.8 Å². The van der Waals surface area contributed by atoms with Gasteiger partial charge in [-0.25, -0.2) is 4.39 Å². The van der Waals surface area contributed by atoms with Crippen molar-refractivity contribution < 1.29 is 14.4 Å². The maximum atomic E-state index is 13.5. The van der Waals surface area contributed by atoms with Gasteiger partial charge in [0.25, 0.3) is 5.91 Å². The summed E-state index contributed by atoms with van der Waals surface area (Å²) in [6.07, 6.45) is 2.95. The summed E-state index contributed by atoms with van der Waals surface area (Å²) in [6.45, 7) is 0. The average Bonchev–Trinajstić information content (AvgIpc) is 2.90. The van der Waals surface area contributed by atoms with Gasteiger partial charge in [0.2, 0.25) is 0 Å². The summed E-state index contributed by atoms with van der Waals surface area (Å²) >= 11 is 3.06. The maximum Gasteiger partial charge on any atom is 0.253 e. The average molecular weight is 344 g/mol. The van der Waals surface area contributed by atoms with Crippen LogP contribution in [0.25, 0.3) is 0 Å². The van der Waals surface area contributed by atoms with Gasteiger partial charge in [0.15, 0.2) is 5.84 Å². The molecule has 108 valence electrons. The highest BCUT2D eigenvalue weighted by atomic mass is 79.9. The quantitative estimate of drug-likeness (QED) is 0.340. The fourth-order valence-electron chi connectivity index (χ4n) is 2.48. The number of carbonyl (C=O) groups excluding carboxylic acids is 1. The number of halogens is 2. The predicted octanol–water partition coefficient (Wildman–Crippen LogP) is 2.38. The van der Waals surface area contributed by atoms with Crippen LogP contribution in [0.3, 0.4) is 0 Å². The molecule has 4 N–H and O–H groups in total. The van der Waals surface area contributed by atoms with Gasteiger partial charge >= 0.3 is 0 Å². The van der Waals surface area contributed by atoms with E-state index in [2.05, 4.69) is 26.4 Å². The van der Waals surface area contributed by atoms with Crippen molar-refractivity contribution in [1.29, 1.82) is 0 Å². The largest absolute Gasteiger partial charge is 0.409 e. The summed E-state index contributed by atoms with van der Waals surface area (Å²) in [5.41, 5.74) is 5.04. The monoisotopic (exact) mass is 343 g/mol. The lowest BCUT2D eigenvalue weighted by Crippen LogP contribution is -2.55. The molecule has 1 aromatic carbocycles. The van der Waals surface area contributed by atoms with Crippen molar-refractivity contribution in [1.82, 2.24) is 5.32 Å². The lowest BCUT2D eigenvalue weighted by atomic mass is 9.95. The molecular formula is C13H15BrFN3O2. The van der Waals surface area contributed by atoms with Crippen LogP contribution < -0.4 is 11.1 Å². The molecule has 0 unspecified atom stereocenters. The van der Waals surface area contributed by atoms with Gasteiger partial charge in [0, 0.05) is 0 Å². The summed E-state index contributed by atoms with van der Waals surface area (Å²) in [4.78, 5) is 12.3. The van der Waals surface area contributed by atoms with Crippen LogP contribution in [0.4, 0.5) is 4.39 Å². The number of nitrogens with two attached hydrogens (primary N) is 1. The van der Waals surface area contributed by atoms with Gasteiger partial charge in [-0.2, -0.15) is 0 Å². The third-order valence-corrected chi connectivity index (χ3v) is 4.41. The van der Waals surface area contributed by atoms with Crippen molar-refractivity contribution in [3.8, 4) is 0 Å². The number of hydrogen-bond donors (Lipinski definition) is 3. The maximum absolute atomic E-state index is 13.5. The van der Waals surface area contributed by atoms with Crippen molar-refractivity contribution in [2.45, 2.75) is 31.2 Å². The first kappa shape index (κ1) is 14.8. The topological polar surface area (TPSA) is 87.7 Å². The van der Waals surface area contributed by atoms with Gasteiger partial charge in [-0.05, 0) is 40.9 Å². The second-order valence-electron chi connectivity index (χ2n) is 4.83. The number of oxime groups is 1. The van der Waals surface area contributed by atoms with Gasteiger partial charge in [0.05, 0.1) is 10.0 Å². The van der Waals surface area contributed by atoms with E-state index in [1.54, 1.807) is 0 Å². The summed E-state index contributed by atoms with van der Waals surface area (Å²) in [5, 5.41) is 14.7. The molecule has 5 nitrogen and oxygen atoms in total. The van der Waals surface area contributed by atoms with Crippen LogP contribution in [0.2, 0.25) is 0 Å². The van der Waals surface area contributed by atoms with Crippen LogP contribution >= 0.6 is 15.9 Å². The Morgan fingerprint density at radius 1 is 1.45 bits per heavy atom. The smallest absolute Gasteiger partial charge is 0.253 e. The molecule has 1 fully saturated rings. The molecule has 1 aliphatic carbocycles. The Balaban J connectivity index is 2.28. The van der Waals surface area contributed by atoms with Crippen molar-refractivity contribution >= 4 is 27.7 Å². The van der Waals surface area contributed by atoms with Crippen molar-refractivity contribution in [3.05, 3.63) is 34.1 Å². The number of rotatable bonds is 3. The standard InChI is InChI=1S/C13H15BrFN3O2/c14-10-8(4-3-5-9(10)15)11(19)17-13(12(16)18-20)6-1-2-7-13/h3-5,20H,1-2,6-7H2,(H2,16,18)(H,17,19). The molecular weight excluding hydrogens is 329 g/mol. The van der Waals surface area contributed by atoms with Crippen molar-refractivity contribution in [3.63, 3.8) is 0 Å². The lowest BCUT2D eigenvalue weighted by molar-refractivity contribution is 0.0921. The number of hydrogen-bond acceptors (Lipinski definition) is 3. The predicted molar refractivity (Wildman–Crippen MR) is 76.2 cm³/mol. The Morgan fingerprint density at radius 3 is 2.70 bits per heavy atom. The van der Waals surface area contributed by atoms with Crippen molar-refractivity contribution in [2.24, 2.45) is 10.9 Å². The van der Waals surface area contributed by atoms with Crippen LogP contribution in [-0.2, 0) is 0 Å². The molecule has 1 aromatic rings. The third-order valence-electron chi connectivity index (χ3n) is 3.60. The molecule has 20 heavy (non-hydrogen) atoms. The molecule has 0 aliphatic heterocycles. The molecule has 1 saturated carbocycles. The zero-order valence-corrected chi connectivity index (χ0v) is 12.3. The molecule has 0 saturated heterocycles. The second kappa shape index (κ2) is 5.78. The second-order valence-corrected chi connectivity index (χ2v) is 5.62. The number of carbonyl (C=O) groups is 1. The minimum atomic E-state index is -0.850. The summed E-state index contributed by atoms with van der Waals surface area (Å²) in [5.74, 6) is -0.984. The lowest BCUT2D eigenvalue weighted by Gasteiger charge is -2.28. The van der Waals surface area contributed by atoms with Gasteiger partial charge in [0.1, 0.15) is 11.4 Å². The zero-order chi connectivity index (χ0) is 14.8. The van der Waals surface area contributed by atoms with Gasteiger partial charge in [-0.1, -0.05) is 24.1 Å². The molecule has 0 heterocycles. The minimum absolute atomic E-state index is 0.0177. The van der Waals surface area contributed by atoms with E-state index in [-0.39, 0.29) is 15.9 Å². The molecule has 1 aliphatic rings. The Labute approximate surface area is 124 Å². The molecule has 0 spiro atoms. The van der Waals surface area contributed by atoms with Gasteiger partial charge in [-0.15, -0.1) is 0 Å².